The van der Waals surface area contributed by atoms with Crippen molar-refractivity contribution < 1.29 is 4.74 Å². The minimum absolute atomic E-state index is 0.327. The molecule has 1 aromatic rings. The highest BCUT2D eigenvalue weighted by Crippen LogP contribution is 2.13. The molecule has 1 aliphatic rings. The molecule has 3 nitrogen and oxygen atoms in total. The monoisotopic (exact) mass is 262 g/mol. The molecule has 0 aromatic heterocycles. The van der Waals surface area contributed by atoms with E-state index in [-0.39, 0.29) is 0 Å². The molecule has 3 heteroatoms. The predicted octanol–water partition coefficient (Wildman–Crippen LogP) is 2.06. The fourth-order valence-corrected chi connectivity index (χ4v) is 2.79. The Morgan fingerprint density at radius 2 is 2.16 bits per heavy atom. The summed E-state index contributed by atoms with van der Waals surface area (Å²) < 4.78 is 5.71. The van der Waals surface area contributed by atoms with Gasteiger partial charge in [0.15, 0.2) is 0 Å². The maximum atomic E-state index is 5.98. The lowest BCUT2D eigenvalue weighted by Gasteiger charge is -2.30. The summed E-state index contributed by atoms with van der Waals surface area (Å²) in [7, 11) is 0. The van der Waals surface area contributed by atoms with Crippen LogP contribution in [-0.4, -0.2) is 43.3 Å². The van der Waals surface area contributed by atoms with E-state index in [2.05, 4.69) is 42.2 Å². The Balaban J connectivity index is 1.88. The van der Waals surface area contributed by atoms with Gasteiger partial charge in [0.1, 0.15) is 0 Å². The normalized spacial score (nSPS) is 22.9. The first kappa shape index (κ1) is 14.5. The molecule has 1 saturated heterocycles. The van der Waals surface area contributed by atoms with Crippen molar-refractivity contribution in [3.8, 4) is 0 Å². The molecule has 0 aliphatic carbocycles. The Labute approximate surface area is 116 Å². The first-order valence-corrected chi connectivity index (χ1v) is 7.39. The summed E-state index contributed by atoms with van der Waals surface area (Å²) in [5, 5.41) is 0. The number of nitrogens with zero attached hydrogens (tertiary/aromatic N) is 1. The van der Waals surface area contributed by atoms with Crippen LogP contribution >= 0.6 is 0 Å². The quantitative estimate of drug-likeness (QED) is 0.882. The summed E-state index contributed by atoms with van der Waals surface area (Å²) in [5.41, 5.74) is 7.38. The smallest absolute Gasteiger partial charge is 0.0674 e. The molecule has 19 heavy (non-hydrogen) atoms. The van der Waals surface area contributed by atoms with Crippen molar-refractivity contribution in [3.63, 3.8) is 0 Å². The van der Waals surface area contributed by atoms with Gasteiger partial charge in [-0.1, -0.05) is 30.3 Å². The molecular weight excluding hydrogens is 236 g/mol. The second kappa shape index (κ2) is 7.63. The molecule has 2 atom stereocenters. The maximum Gasteiger partial charge on any atom is 0.0674 e. The molecule has 0 spiro atoms. The van der Waals surface area contributed by atoms with Crippen molar-refractivity contribution >= 4 is 0 Å². The van der Waals surface area contributed by atoms with Gasteiger partial charge in [-0.25, -0.2) is 0 Å². The van der Waals surface area contributed by atoms with Gasteiger partial charge in [-0.15, -0.1) is 0 Å². The van der Waals surface area contributed by atoms with Crippen LogP contribution in [0.15, 0.2) is 30.3 Å². The number of ether oxygens (including phenoxy) is 1. The zero-order valence-corrected chi connectivity index (χ0v) is 11.9. The molecule has 0 radical (unpaired) electrons. The molecule has 1 aliphatic heterocycles. The van der Waals surface area contributed by atoms with E-state index >= 15 is 0 Å². The molecule has 1 fully saturated rings. The van der Waals surface area contributed by atoms with Crippen LogP contribution in [0.3, 0.4) is 0 Å². The molecule has 2 N–H and O–H groups in total. The van der Waals surface area contributed by atoms with Crippen LogP contribution in [0.5, 0.6) is 0 Å². The van der Waals surface area contributed by atoms with E-state index in [9.17, 15) is 0 Å². The van der Waals surface area contributed by atoms with Crippen molar-refractivity contribution in [1.29, 1.82) is 0 Å². The third-order valence-electron chi connectivity index (χ3n) is 3.88. The highest BCUT2D eigenvalue weighted by Gasteiger charge is 2.21. The topological polar surface area (TPSA) is 38.5 Å². The van der Waals surface area contributed by atoms with E-state index < -0.39 is 0 Å². The van der Waals surface area contributed by atoms with E-state index in [4.69, 9.17) is 10.5 Å². The number of rotatable bonds is 5. The van der Waals surface area contributed by atoms with Gasteiger partial charge in [0, 0.05) is 32.3 Å². The van der Waals surface area contributed by atoms with E-state index in [1.807, 2.05) is 0 Å². The van der Waals surface area contributed by atoms with Crippen molar-refractivity contribution in [2.24, 2.45) is 5.73 Å². The first-order chi connectivity index (χ1) is 9.29. The Morgan fingerprint density at radius 3 is 2.89 bits per heavy atom. The summed E-state index contributed by atoms with van der Waals surface area (Å²) >= 11 is 0. The minimum atomic E-state index is 0.327. The van der Waals surface area contributed by atoms with Crippen molar-refractivity contribution in [3.05, 3.63) is 35.9 Å². The van der Waals surface area contributed by atoms with E-state index in [0.717, 1.165) is 45.5 Å². The SMILES string of the molecule is CC1CN(C(CN)CCc2ccccc2)CCCO1. The molecular formula is C16H26N2O. The average Bonchev–Trinajstić information content (AvgIpc) is 2.65. The van der Waals surface area contributed by atoms with Crippen molar-refractivity contribution in [2.75, 3.05) is 26.2 Å². The molecule has 0 saturated carbocycles. The van der Waals surface area contributed by atoms with Gasteiger partial charge in [-0.05, 0) is 31.7 Å². The summed E-state index contributed by atoms with van der Waals surface area (Å²) in [6, 6.07) is 11.1. The lowest BCUT2D eigenvalue weighted by atomic mass is 10.0. The lowest BCUT2D eigenvalue weighted by molar-refractivity contribution is 0.0605. The Bertz CT molecular complexity index is 355. The summed E-state index contributed by atoms with van der Waals surface area (Å²) in [4.78, 5) is 2.51. The standard InChI is InChI=1S/C16H26N2O/c1-14-13-18(10-5-11-19-14)16(12-17)9-8-15-6-3-2-4-7-15/h2-4,6-7,14,16H,5,8-13,17H2,1H3. The third kappa shape index (κ3) is 4.60. The number of nitrogens with two attached hydrogens (primary N) is 1. The Hall–Kier alpha value is -0.900. The van der Waals surface area contributed by atoms with Gasteiger partial charge in [-0.3, -0.25) is 4.90 Å². The molecule has 1 heterocycles. The zero-order chi connectivity index (χ0) is 13.5. The van der Waals surface area contributed by atoms with E-state index in [1.54, 1.807) is 0 Å². The maximum absolute atomic E-state index is 5.98. The molecule has 2 unspecified atom stereocenters. The first-order valence-electron chi connectivity index (χ1n) is 7.39. The number of hydrogen-bond acceptors (Lipinski definition) is 3. The van der Waals surface area contributed by atoms with E-state index in [1.165, 1.54) is 5.56 Å². The zero-order valence-electron chi connectivity index (χ0n) is 11.9. The largest absolute Gasteiger partial charge is 0.377 e. The summed E-state index contributed by atoms with van der Waals surface area (Å²) in [6.07, 6.45) is 3.68. The van der Waals surface area contributed by atoms with Crippen molar-refractivity contribution in [1.82, 2.24) is 4.90 Å². The van der Waals surface area contributed by atoms with E-state index in [0.29, 0.717) is 12.1 Å². The van der Waals surface area contributed by atoms with Crippen LogP contribution in [0.25, 0.3) is 0 Å². The fourth-order valence-electron chi connectivity index (χ4n) is 2.79. The van der Waals surface area contributed by atoms with Gasteiger partial charge < -0.3 is 10.5 Å². The molecule has 2 rings (SSSR count). The second-order valence-electron chi connectivity index (χ2n) is 5.44. The number of hydrogen-bond donors (Lipinski definition) is 1. The van der Waals surface area contributed by atoms with Crippen LogP contribution in [0.1, 0.15) is 25.3 Å². The highest BCUT2D eigenvalue weighted by molar-refractivity contribution is 5.14. The molecule has 0 amide bonds. The van der Waals surface area contributed by atoms with Crippen molar-refractivity contribution in [2.45, 2.75) is 38.3 Å². The molecule has 1 aromatic carbocycles. The van der Waals surface area contributed by atoms with Gasteiger partial charge in [0.25, 0.3) is 0 Å². The third-order valence-corrected chi connectivity index (χ3v) is 3.88. The van der Waals surface area contributed by atoms with Gasteiger partial charge in [0.2, 0.25) is 0 Å². The van der Waals surface area contributed by atoms with Crippen LogP contribution in [0.4, 0.5) is 0 Å². The fraction of sp³-hybridized carbons (Fsp3) is 0.625. The van der Waals surface area contributed by atoms with Gasteiger partial charge >= 0.3 is 0 Å². The number of benzene rings is 1. The average molecular weight is 262 g/mol. The van der Waals surface area contributed by atoms with Crippen LogP contribution in [-0.2, 0) is 11.2 Å². The summed E-state index contributed by atoms with van der Waals surface area (Å²) in [5.74, 6) is 0. The summed E-state index contributed by atoms with van der Waals surface area (Å²) in [6.45, 7) is 5.90. The van der Waals surface area contributed by atoms with Crippen LogP contribution in [0, 0.1) is 0 Å². The number of aryl methyl sites for hydroxylation is 1. The minimum Gasteiger partial charge on any atom is -0.377 e. The second-order valence-corrected chi connectivity index (χ2v) is 5.44. The predicted molar refractivity (Wildman–Crippen MR) is 79.2 cm³/mol. The highest BCUT2D eigenvalue weighted by atomic mass is 16.5. The lowest BCUT2D eigenvalue weighted by Crippen LogP contribution is -2.43. The molecule has 106 valence electrons. The molecule has 0 bridgehead atoms. The van der Waals surface area contributed by atoms with Crippen LogP contribution < -0.4 is 5.73 Å². The van der Waals surface area contributed by atoms with Gasteiger partial charge in [0.05, 0.1) is 6.10 Å². The van der Waals surface area contributed by atoms with Crippen LogP contribution in [0.2, 0.25) is 0 Å². The van der Waals surface area contributed by atoms with Gasteiger partial charge in [-0.2, -0.15) is 0 Å². The Kier molecular flexibility index (Phi) is 5.83. The Morgan fingerprint density at radius 1 is 1.37 bits per heavy atom.